The molecule has 226 valence electrons. The van der Waals surface area contributed by atoms with E-state index >= 15 is 0 Å². The van der Waals surface area contributed by atoms with E-state index in [2.05, 4.69) is 46.0 Å². The maximum atomic E-state index is 14.4. The van der Waals surface area contributed by atoms with E-state index in [4.69, 9.17) is 4.74 Å². The molecular weight excluding hydrogens is 562 g/mol. The fourth-order valence-electron chi connectivity index (χ4n) is 4.90. The number of nitrogens with zero attached hydrogens (tertiary/aromatic N) is 6. The zero-order valence-corrected chi connectivity index (χ0v) is 24.4. The maximum Gasteiger partial charge on any atom is 0.416 e. The lowest BCUT2D eigenvalue weighted by Crippen LogP contribution is -2.53. The third-order valence-electron chi connectivity index (χ3n) is 7.21. The van der Waals surface area contributed by atoms with E-state index < -0.39 is 17.6 Å². The van der Waals surface area contributed by atoms with Crippen LogP contribution in [0.5, 0.6) is 6.01 Å². The van der Waals surface area contributed by atoms with Crippen LogP contribution in [0.2, 0.25) is 0 Å². The van der Waals surface area contributed by atoms with Crippen LogP contribution in [0, 0.1) is 5.82 Å². The zero-order chi connectivity index (χ0) is 30.8. The molecule has 0 saturated carbocycles. The number of anilines is 4. The number of rotatable bonds is 7. The molecular formula is C31H33F4N7O. The number of benzene rings is 2. The van der Waals surface area contributed by atoms with Crippen LogP contribution in [-0.4, -0.2) is 45.6 Å². The van der Waals surface area contributed by atoms with Crippen molar-refractivity contribution in [2.24, 2.45) is 0 Å². The first-order chi connectivity index (χ1) is 20.4. The summed E-state index contributed by atoms with van der Waals surface area (Å²) in [6.45, 7) is 9.28. The normalized spacial score (nSPS) is 15.9. The highest BCUT2D eigenvalue weighted by molar-refractivity contribution is 5.56. The second kappa shape index (κ2) is 12.0. The van der Waals surface area contributed by atoms with E-state index in [0.29, 0.717) is 19.6 Å². The maximum absolute atomic E-state index is 14.4. The molecule has 1 fully saturated rings. The van der Waals surface area contributed by atoms with Crippen LogP contribution in [0.4, 0.5) is 41.0 Å². The van der Waals surface area contributed by atoms with Gasteiger partial charge in [-0.3, -0.25) is 0 Å². The van der Waals surface area contributed by atoms with Gasteiger partial charge in [0.1, 0.15) is 6.61 Å². The molecule has 1 aliphatic heterocycles. The van der Waals surface area contributed by atoms with Crippen LogP contribution in [0.25, 0.3) is 0 Å². The van der Waals surface area contributed by atoms with Crippen molar-refractivity contribution in [3.05, 3.63) is 89.4 Å². The van der Waals surface area contributed by atoms with Crippen LogP contribution >= 0.6 is 0 Å². The van der Waals surface area contributed by atoms with Gasteiger partial charge in [-0.1, -0.05) is 51.1 Å². The van der Waals surface area contributed by atoms with Gasteiger partial charge in [0.2, 0.25) is 11.9 Å². The highest BCUT2D eigenvalue weighted by Crippen LogP contribution is 2.33. The molecule has 0 bridgehead atoms. The summed E-state index contributed by atoms with van der Waals surface area (Å²) >= 11 is 0. The van der Waals surface area contributed by atoms with E-state index in [1.165, 1.54) is 24.3 Å². The smallest absolute Gasteiger partial charge is 0.416 e. The van der Waals surface area contributed by atoms with E-state index in [1.807, 2.05) is 41.0 Å². The van der Waals surface area contributed by atoms with E-state index in [1.54, 1.807) is 12.3 Å². The third-order valence-corrected chi connectivity index (χ3v) is 7.21. The standard InChI is InChI=1S/C31H33F4N7O/c1-20-18-41(26-25(32)10-7-15-36-26)16-17-42(20)28-38-27(37-23-13-11-22(12-14-23)30(2,3)4)39-29(40-28)43-19-21-8-5-6-9-24(21)31(33,34)35/h5-15,20H,16-19H2,1-4H3,(H,37,38,39,40)/t20-/m1/s1. The first-order valence-electron chi connectivity index (χ1n) is 13.9. The van der Waals surface area contributed by atoms with Crippen LogP contribution < -0.4 is 19.9 Å². The number of piperazine rings is 1. The van der Waals surface area contributed by atoms with Gasteiger partial charge in [0, 0.05) is 43.1 Å². The minimum absolute atomic E-state index is 0.0248. The van der Waals surface area contributed by atoms with Crippen LogP contribution in [0.1, 0.15) is 44.4 Å². The van der Waals surface area contributed by atoms with Crippen LogP contribution in [-0.2, 0) is 18.2 Å². The van der Waals surface area contributed by atoms with Crippen LogP contribution in [0.3, 0.4) is 0 Å². The number of nitrogens with one attached hydrogen (secondary N) is 1. The Morgan fingerprint density at radius 1 is 0.930 bits per heavy atom. The lowest BCUT2D eigenvalue weighted by molar-refractivity contribution is -0.138. The first kappa shape index (κ1) is 30.0. The summed E-state index contributed by atoms with van der Waals surface area (Å²) in [5.41, 5.74) is 1.03. The summed E-state index contributed by atoms with van der Waals surface area (Å²) in [4.78, 5) is 21.4. The number of aromatic nitrogens is 4. The van der Waals surface area contributed by atoms with Crippen molar-refractivity contribution in [2.45, 2.75) is 51.9 Å². The Labute approximate surface area is 247 Å². The van der Waals surface area contributed by atoms with E-state index in [-0.39, 0.29) is 47.4 Å². The van der Waals surface area contributed by atoms with Gasteiger partial charge in [-0.25, -0.2) is 9.37 Å². The Morgan fingerprint density at radius 2 is 1.67 bits per heavy atom. The number of halogens is 4. The summed E-state index contributed by atoms with van der Waals surface area (Å²) in [5, 5.41) is 3.17. The van der Waals surface area contributed by atoms with Gasteiger partial charge in [-0.15, -0.1) is 0 Å². The molecule has 1 aliphatic rings. The summed E-state index contributed by atoms with van der Waals surface area (Å²) in [6.07, 6.45) is -2.98. The molecule has 1 saturated heterocycles. The number of hydrogen-bond acceptors (Lipinski definition) is 8. The topological polar surface area (TPSA) is 79.3 Å². The van der Waals surface area contributed by atoms with Crippen molar-refractivity contribution in [2.75, 3.05) is 34.8 Å². The van der Waals surface area contributed by atoms with E-state index in [9.17, 15) is 17.6 Å². The van der Waals surface area contributed by atoms with Gasteiger partial charge in [0.15, 0.2) is 11.6 Å². The lowest BCUT2D eigenvalue weighted by atomic mass is 9.87. The molecule has 3 heterocycles. The summed E-state index contributed by atoms with van der Waals surface area (Å²) < 4.78 is 60.8. The van der Waals surface area contributed by atoms with Crippen molar-refractivity contribution in [3.8, 4) is 6.01 Å². The Kier molecular flexibility index (Phi) is 8.38. The largest absolute Gasteiger partial charge is 0.458 e. The van der Waals surface area contributed by atoms with Crippen molar-refractivity contribution >= 4 is 23.4 Å². The molecule has 0 aliphatic carbocycles. The summed E-state index contributed by atoms with van der Waals surface area (Å²) in [5.74, 6) is 0.342. The average Bonchev–Trinajstić information content (AvgIpc) is 2.96. The average molecular weight is 596 g/mol. The SMILES string of the molecule is C[C@@H]1CN(c2ncccc2F)CCN1c1nc(Nc2ccc(C(C)(C)C)cc2)nc(OCc2ccccc2C(F)(F)F)n1. The number of alkyl halides is 3. The van der Waals surface area contributed by atoms with Gasteiger partial charge in [0.25, 0.3) is 0 Å². The highest BCUT2D eigenvalue weighted by Gasteiger charge is 2.33. The molecule has 1 atom stereocenters. The summed E-state index contributed by atoms with van der Waals surface area (Å²) in [7, 11) is 0. The van der Waals surface area contributed by atoms with Gasteiger partial charge in [-0.2, -0.15) is 28.1 Å². The number of pyridine rings is 1. The molecule has 5 rings (SSSR count). The van der Waals surface area contributed by atoms with Crippen LogP contribution in [0.15, 0.2) is 66.9 Å². The number of ether oxygens (including phenoxy) is 1. The van der Waals surface area contributed by atoms with Crippen molar-refractivity contribution in [3.63, 3.8) is 0 Å². The molecule has 0 unspecified atom stereocenters. The predicted molar refractivity (Wildman–Crippen MR) is 157 cm³/mol. The number of hydrogen-bond donors (Lipinski definition) is 1. The lowest BCUT2D eigenvalue weighted by Gasteiger charge is -2.40. The van der Waals surface area contributed by atoms with Crippen molar-refractivity contribution < 1.29 is 22.3 Å². The molecule has 0 radical (unpaired) electrons. The molecule has 12 heteroatoms. The fourth-order valence-corrected chi connectivity index (χ4v) is 4.90. The Morgan fingerprint density at radius 3 is 2.35 bits per heavy atom. The summed E-state index contributed by atoms with van der Waals surface area (Å²) in [6, 6.07) is 15.7. The fraction of sp³-hybridized carbons (Fsp3) is 0.355. The van der Waals surface area contributed by atoms with Gasteiger partial charge in [0.05, 0.1) is 5.56 Å². The molecule has 1 N–H and O–H groups in total. The second-order valence-electron chi connectivity index (χ2n) is 11.4. The van der Waals surface area contributed by atoms with E-state index in [0.717, 1.165) is 17.3 Å². The van der Waals surface area contributed by atoms with Gasteiger partial charge >= 0.3 is 12.2 Å². The predicted octanol–water partition coefficient (Wildman–Crippen LogP) is 6.76. The minimum Gasteiger partial charge on any atom is -0.458 e. The molecule has 8 nitrogen and oxygen atoms in total. The zero-order valence-electron chi connectivity index (χ0n) is 24.4. The van der Waals surface area contributed by atoms with Gasteiger partial charge in [-0.05, 0) is 48.2 Å². The molecule has 2 aromatic heterocycles. The Bertz CT molecular complexity index is 1560. The van der Waals surface area contributed by atoms with Crippen molar-refractivity contribution in [1.29, 1.82) is 0 Å². The Balaban J connectivity index is 1.42. The Hall–Kier alpha value is -4.48. The van der Waals surface area contributed by atoms with Gasteiger partial charge < -0.3 is 19.9 Å². The minimum atomic E-state index is -4.53. The molecule has 43 heavy (non-hydrogen) atoms. The molecule has 0 spiro atoms. The highest BCUT2D eigenvalue weighted by atomic mass is 19.4. The quantitative estimate of drug-likeness (QED) is 0.235. The van der Waals surface area contributed by atoms with Crippen molar-refractivity contribution in [1.82, 2.24) is 19.9 Å². The third kappa shape index (κ3) is 7.12. The monoisotopic (exact) mass is 595 g/mol. The second-order valence-corrected chi connectivity index (χ2v) is 11.4. The molecule has 4 aromatic rings. The molecule has 0 amide bonds. The first-order valence-corrected chi connectivity index (χ1v) is 13.9. The molecule has 2 aromatic carbocycles.